The predicted octanol–water partition coefficient (Wildman–Crippen LogP) is 4.21. The summed E-state index contributed by atoms with van der Waals surface area (Å²) in [6.07, 6.45) is 3.83. The van der Waals surface area contributed by atoms with Crippen LogP contribution in [0.5, 0.6) is 0 Å². The largest absolute Gasteiger partial charge is 0.390 e. The van der Waals surface area contributed by atoms with Crippen molar-refractivity contribution < 1.29 is 14.3 Å². The topological polar surface area (TPSA) is 94.5 Å². The van der Waals surface area contributed by atoms with Crippen molar-refractivity contribution in [2.45, 2.75) is 58.2 Å². The molecular weight excluding hydrogens is 471 g/mol. The van der Waals surface area contributed by atoms with E-state index in [1.54, 1.807) is 24.1 Å². The van der Waals surface area contributed by atoms with Crippen LogP contribution < -0.4 is 10.2 Å². The molecule has 0 unspecified atom stereocenters. The summed E-state index contributed by atoms with van der Waals surface area (Å²) in [4.78, 5) is 28.8. The molecule has 1 amide bonds. The number of halogens is 1. The number of carbonyl (C=O) groups is 1. The number of pyridine rings is 1. The van der Waals surface area contributed by atoms with Gasteiger partial charge in [0.1, 0.15) is 11.6 Å². The highest BCUT2D eigenvalue weighted by molar-refractivity contribution is 5.90. The number of amides is 1. The zero-order valence-electron chi connectivity index (χ0n) is 21.9. The standard InChI is InChI=1S/C28H35FN6O2/c1-17(2)21-6-5-20(11-19-14-35(15-19)18(3)36)23-13-31-26(12-22(21)23)32-25-7-9-30-27(33-25)34-10-8-24(37)28(4,29)16-34/h5-7,9,12-13,17,19,24,37H,8,10-11,14-16H2,1-4H3,(H,30,31,32,33)/t24-,28+/m1/s1. The van der Waals surface area contributed by atoms with E-state index in [1.807, 2.05) is 11.1 Å². The Hall–Kier alpha value is -3.33. The number of nitrogens with one attached hydrogen (secondary N) is 1. The second-order valence-electron chi connectivity index (χ2n) is 10.9. The van der Waals surface area contributed by atoms with Gasteiger partial charge in [-0.05, 0) is 60.2 Å². The van der Waals surface area contributed by atoms with Crippen molar-refractivity contribution in [3.63, 3.8) is 0 Å². The lowest BCUT2D eigenvalue weighted by molar-refractivity contribution is -0.134. The van der Waals surface area contributed by atoms with Crippen LogP contribution in [0, 0.1) is 5.92 Å². The first-order valence-electron chi connectivity index (χ1n) is 13.0. The Labute approximate surface area is 216 Å². The summed E-state index contributed by atoms with van der Waals surface area (Å²) >= 11 is 0. The van der Waals surface area contributed by atoms with Crippen LogP contribution in [0.2, 0.25) is 0 Å². The molecule has 2 atom stereocenters. The van der Waals surface area contributed by atoms with E-state index < -0.39 is 11.8 Å². The van der Waals surface area contributed by atoms with Gasteiger partial charge in [0.2, 0.25) is 11.9 Å². The summed E-state index contributed by atoms with van der Waals surface area (Å²) in [5.41, 5.74) is 0.790. The molecule has 3 aromatic rings. The zero-order valence-corrected chi connectivity index (χ0v) is 21.9. The summed E-state index contributed by atoms with van der Waals surface area (Å²) in [5.74, 6) is 2.62. The minimum Gasteiger partial charge on any atom is -0.390 e. The molecule has 0 aliphatic carbocycles. The number of aromatic nitrogens is 3. The van der Waals surface area contributed by atoms with E-state index in [1.165, 1.54) is 18.1 Å². The summed E-state index contributed by atoms with van der Waals surface area (Å²) in [7, 11) is 0. The fourth-order valence-corrected chi connectivity index (χ4v) is 5.35. The number of aliphatic hydroxyl groups is 1. The van der Waals surface area contributed by atoms with E-state index in [0.717, 1.165) is 30.3 Å². The maximum Gasteiger partial charge on any atom is 0.227 e. The van der Waals surface area contributed by atoms with Gasteiger partial charge in [-0.2, -0.15) is 4.98 Å². The van der Waals surface area contributed by atoms with Crippen molar-refractivity contribution in [3.05, 3.63) is 47.8 Å². The molecule has 0 saturated carbocycles. The van der Waals surface area contributed by atoms with E-state index in [2.05, 4.69) is 47.3 Å². The number of nitrogens with zero attached hydrogens (tertiary/aromatic N) is 5. The fraction of sp³-hybridized carbons (Fsp3) is 0.500. The van der Waals surface area contributed by atoms with Crippen LogP contribution in [0.4, 0.5) is 22.0 Å². The van der Waals surface area contributed by atoms with Crippen LogP contribution in [-0.2, 0) is 11.2 Å². The van der Waals surface area contributed by atoms with E-state index >= 15 is 0 Å². The molecule has 9 heteroatoms. The van der Waals surface area contributed by atoms with Crippen molar-refractivity contribution in [2.24, 2.45) is 5.92 Å². The number of rotatable bonds is 6. The SMILES string of the molecule is CC(=O)N1CC(Cc2ccc(C(C)C)c3cc(Nc4ccnc(N5CC[C@@H](O)[C@@](C)(F)C5)n4)ncc23)C1. The number of piperidine rings is 1. The quantitative estimate of drug-likeness (QED) is 0.517. The van der Waals surface area contributed by atoms with Gasteiger partial charge >= 0.3 is 0 Å². The summed E-state index contributed by atoms with van der Waals surface area (Å²) < 4.78 is 14.7. The molecule has 8 nitrogen and oxygen atoms in total. The smallest absolute Gasteiger partial charge is 0.227 e. The molecule has 2 saturated heterocycles. The number of fused-ring (bicyclic) bond motifs is 1. The molecule has 4 heterocycles. The third kappa shape index (κ3) is 5.23. The van der Waals surface area contributed by atoms with Gasteiger partial charge in [-0.3, -0.25) is 4.79 Å². The molecule has 2 aliphatic rings. The highest BCUT2D eigenvalue weighted by Gasteiger charge is 2.39. The second-order valence-corrected chi connectivity index (χ2v) is 10.9. The van der Waals surface area contributed by atoms with E-state index in [9.17, 15) is 14.3 Å². The highest BCUT2D eigenvalue weighted by atomic mass is 19.1. The zero-order chi connectivity index (χ0) is 26.3. The molecule has 196 valence electrons. The van der Waals surface area contributed by atoms with Crippen molar-refractivity contribution in [2.75, 3.05) is 36.4 Å². The molecule has 0 spiro atoms. The number of anilines is 3. The van der Waals surface area contributed by atoms with Crippen LogP contribution >= 0.6 is 0 Å². The van der Waals surface area contributed by atoms with Gasteiger partial charge in [-0.1, -0.05) is 26.0 Å². The Kier molecular flexibility index (Phi) is 6.74. The van der Waals surface area contributed by atoms with Gasteiger partial charge in [0.25, 0.3) is 0 Å². The maximum absolute atomic E-state index is 14.7. The molecule has 0 bridgehead atoms. The van der Waals surface area contributed by atoms with Crippen molar-refractivity contribution in [1.29, 1.82) is 0 Å². The van der Waals surface area contributed by atoms with Gasteiger partial charge in [0, 0.05) is 44.3 Å². The maximum atomic E-state index is 14.7. The van der Waals surface area contributed by atoms with Crippen LogP contribution in [0.25, 0.3) is 10.8 Å². The summed E-state index contributed by atoms with van der Waals surface area (Å²) in [6.45, 7) is 9.55. The predicted molar refractivity (Wildman–Crippen MR) is 143 cm³/mol. The molecule has 0 radical (unpaired) electrons. The van der Waals surface area contributed by atoms with Crippen LogP contribution in [0.15, 0.2) is 36.7 Å². The fourth-order valence-electron chi connectivity index (χ4n) is 5.35. The van der Waals surface area contributed by atoms with Gasteiger partial charge in [-0.25, -0.2) is 14.4 Å². The average molecular weight is 507 g/mol. The Morgan fingerprint density at radius 2 is 2.00 bits per heavy atom. The van der Waals surface area contributed by atoms with Gasteiger partial charge in [0.05, 0.1) is 12.6 Å². The van der Waals surface area contributed by atoms with E-state index in [4.69, 9.17) is 4.98 Å². The second kappa shape index (κ2) is 9.85. The minimum absolute atomic E-state index is 0.0392. The number of benzene rings is 1. The van der Waals surface area contributed by atoms with Crippen molar-refractivity contribution in [1.82, 2.24) is 19.9 Å². The molecule has 2 aromatic heterocycles. The van der Waals surface area contributed by atoms with Crippen molar-refractivity contribution in [3.8, 4) is 0 Å². The molecule has 1 aromatic carbocycles. The number of hydrogen-bond donors (Lipinski definition) is 2. The first-order chi connectivity index (χ1) is 17.6. The van der Waals surface area contributed by atoms with E-state index in [-0.39, 0.29) is 12.5 Å². The first-order valence-corrected chi connectivity index (χ1v) is 13.0. The van der Waals surface area contributed by atoms with Gasteiger partial charge in [0.15, 0.2) is 5.67 Å². The van der Waals surface area contributed by atoms with E-state index in [0.29, 0.717) is 42.4 Å². The molecule has 2 aliphatic heterocycles. The lowest BCUT2D eigenvalue weighted by atomic mass is 9.87. The number of aliphatic hydroxyl groups excluding tert-OH is 1. The molecule has 2 N–H and O–H groups in total. The Morgan fingerprint density at radius 3 is 2.70 bits per heavy atom. The Balaban J connectivity index is 1.38. The molecular formula is C28H35FN6O2. The minimum atomic E-state index is -1.71. The lowest BCUT2D eigenvalue weighted by Crippen LogP contribution is -2.52. The summed E-state index contributed by atoms with van der Waals surface area (Å²) in [5, 5.41) is 15.5. The number of hydrogen-bond acceptors (Lipinski definition) is 7. The average Bonchev–Trinajstić information content (AvgIpc) is 2.82. The van der Waals surface area contributed by atoms with Crippen molar-refractivity contribution >= 4 is 34.3 Å². The molecule has 2 fully saturated rings. The van der Waals surface area contributed by atoms with Crippen LogP contribution in [0.3, 0.4) is 0 Å². The Morgan fingerprint density at radius 1 is 1.22 bits per heavy atom. The van der Waals surface area contributed by atoms with Crippen LogP contribution in [-0.4, -0.2) is 68.8 Å². The summed E-state index contributed by atoms with van der Waals surface area (Å²) in [6, 6.07) is 8.23. The van der Waals surface area contributed by atoms with Gasteiger partial charge in [-0.15, -0.1) is 0 Å². The third-order valence-corrected chi connectivity index (χ3v) is 7.61. The number of alkyl halides is 1. The lowest BCUT2D eigenvalue weighted by Gasteiger charge is -2.39. The number of carbonyl (C=O) groups excluding carboxylic acids is 1. The highest BCUT2D eigenvalue weighted by Crippen LogP contribution is 2.33. The molecule has 37 heavy (non-hydrogen) atoms. The monoisotopic (exact) mass is 506 g/mol. The first kappa shape index (κ1) is 25.3. The normalized spacial score (nSPS) is 22.4. The Bertz CT molecular complexity index is 1310. The third-order valence-electron chi connectivity index (χ3n) is 7.61. The van der Waals surface area contributed by atoms with Gasteiger partial charge < -0.3 is 20.2 Å². The van der Waals surface area contributed by atoms with Crippen LogP contribution in [0.1, 0.15) is 51.2 Å². The number of likely N-dealkylation sites (tertiary alicyclic amines) is 1. The molecule has 5 rings (SSSR count).